The fourth-order valence-corrected chi connectivity index (χ4v) is 7.34. The second-order valence-corrected chi connectivity index (χ2v) is 12.2. The molecule has 0 radical (unpaired) electrons. The summed E-state index contributed by atoms with van der Waals surface area (Å²) in [5.41, 5.74) is 2.45. The first kappa shape index (κ1) is 26.6. The summed E-state index contributed by atoms with van der Waals surface area (Å²) < 4.78 is 82.4. The molecule has 0 aromatic heterocycles. The molecule has 32 heavy (non-hydrogen) atoms. The Hall–Kier alpha value is -1.70. The number of halogens is 3. The number of rotatable bonds is 3. The molecule has 0 saturated carbocycles. The summed E-state index contributed by atoms with van der Waals surface area (Å²) in [4.78, 5) is 11.1. The molecule has 0 amide bonds. The van der Waals surface area contributed by atoms with Crippen LogP contribution in [0.1, 0.15) is 24.0 Å². The summed E-state index contributed by atoms with van der Waals surface area (Å²) in [7, 11) is -6.63. The van der Waals surface area contributed by atoms with Gasteiger partial charge in [0.1, 0.15) is 0 Å². The van der Waals surface area contributed by atoms with Crippen LogP contribution in [0.25, 0.3) is 0 Å². The number of nitrogens with zero attached hydrogens (tertiary/aromatic N) is 2. The molecule has 1 aromatic rings. The third-order valence-electron chi connectivity index (χ3n) is 5.65. The van der Waals surface area contributed by atoms with Crippen LogP contribution >= 0.6 is 0 Å². The van der Waals surface area contributed by atoms with Gasteiger partial charge >= 0.3 is 12.1 Å². The maximum Gasteiger partial charge on any atom is 0.490 e. The van der Waals surface area contributed by atoms with Crippen LogP contribution in [0.2, 0.25) is 0 Å². The van der Waals surface area contributed by atoms with E-state index in [-0.39, 0.29) is 12.3 Å². The largest absolute Gasteiger partial charge is 0.490 e. The number of fused-ring (bicyclic) bond motifs is 1. The molecule has 0 aliphatic carbocycles. The van der Waals surface area contributed by atoms with Gasteiger partial charge in [-0.05, 0) is 37.4 Å². The lowest BCUT2D eigenvalue weighted by molar-refractivity contribution is -0.192. The van der Waals surface area contributed by atoms with E-state index in [1.165, 1.54) is 21.7 Å². The van der Waals surface area contributed by atoms with Crippen molar-refractivity contribution in [1.82, 2.24) is 9.21 Å². The van der Waals surface area contributed by atoms with Crippen LogP contribution in [-0.4, -0.2) is 86.2 Å². The predicted octanol–water partition coefficient (Wildman–Crippen LogP) is 1.65. The summed E-state index contributed by atoms with van der Waals surface area (Å²) >= 11 is 0. The number of sulfone groups is 1. The molecule has 2 aliphatic rings. The molecule has 2 heterocycles. The van der Waals surface area contributed by atoms with E-state index >= 15 is 0 Å². The van der Waals surface area contributed by atoms with E-state index in [4.69, 9.17) is 9.90 Å². The van der Waals surface area contributed by atoms with Gasteiger partial charge in [-0.2, -0.15) is 17.5 Å². The molecule has 1 aromatic carbocycles. The maximum atomic E-state index is 12.5. The Bertz CT molecular complexity index is 1030. The first-order chi connectivity index (χ1) is 14.6. The molecular formula is C19H27F3N2O6S2. The van der Waals surface area contributed by atoms with Crippen LogP contribution in [0.4, 0.5) is 13.2 Å². The van der Waals surface area contributed by atoms with Gasteiger partial charge in [0.05, 0.1) is 17.3 Å². The van der Waals surface area contributed by atoms with E-state index in [0.717, 1.165) is 6.54 Å². The van der Waals surface area contributed by atoms with Gasteiger partial charge in [-0.1, -0.05) is 24.3 Å². The van der Waals surface area contributed by atoms with E-state index in [0.29, 0.717) is 25.9 Å². The van der Waals surface area contributed by atoms with Crippen molar-refractivity contribution in [3.05, 3.63) is 35.4 Å². The third-order valence-corrected chi connectivity index (χ3v) is 9.18. The van der Waals surface area contributed by atoms with Crippen molar-refractivity contribution >= 4 is 25.8 Å². The van der Waals surface area contributed by atoms with Crippen molar-refractivity contribution in [3.63, 3.8) is 0 Å². The standard InChI is InChI=1S/C17H26N2O4S2.C2HF3O2/c1-14-5-3-4-6-15(14)13-18-9-7-16-17(8-10-18)25(22,23)12-11-19(16)24(2,20)21;3-2(4,5)1(6)7/h3-6,16-17H,7-13H2,1-2H3;(H,6,7)/t16-,17+;/m0./s1. The summed E-state index contributed by atoms with van der Waals surface area (Å²) in [6.45, 7) is 4.30. The Balaban J connectivity index is 0.000000451. The zero-order valence-corrected chi connectivity index (χ0v) is 19.4. The van der Waals surface area contributed by atoms with Crippen molar-refractivity contribution in [2.24, 2.45) is 0 Å². The molecule has 182 valence electrons. The highest BCUT2D eigenvalue weighted by atomic mass is 32.2. The second kappa shape index (κ2) is 10.1. The van der Waals surface area contributed by atoms with Crippen LogP contribution in [0.3, 0.4) is 0 Å². The van der Waals surface area contributed by atoms with E-state index in [9.17, 15) is 30.0 Å². The van der Waals surface area contributed by atoms with Gasteiger partial charge in [-0.3, -0.25) is 4.90 Å². The van der Waals surface area contributed by atoms with Crippen LogP contribution in [0, 0.1) is 6.92 Å². The van der Waals surface area contributed by atoms with Crippen LogP contribution in [-0.2, 0) is 31.2 Å². The topological polar surface area (TPSA) is 112 Å². The Labute approximate surface area is 186 Å². The predicted molar refractivity (Wildman–Crippen MR) is 112 cm³/mol. The first-order valence-corrected chi connectivity index (χ1v) is 13.4. The number of benzene rings is 1. The van der Waals surface area contributed by atoms with Crippen LogP contribution in [0.5, 0.6) is 0 Å². The SMILES string of the molecule is Cc1ccccc1CN1CC[C@@H]2[C@H](CC1)N(S(C)(=O)=O)CCS2(=O)=O.O=C(O)C(F)(F)F. The lowest BCUT2D eigenvalue weighted by atomic mass is 10.1. The minimum absolute atomic E-state index is 0.0704. The summed E-state index contributed by atoms with van der Waals surface area (Å²) in [6.07, 6.45) is -2.86. The highest BCUT2D eigenvalue weighted by Crippen LogP contribution is 2.30. The maximum absolute atomic E-state index is 12.5. The molecule has 2 aliphatic heterocycles. The molecular weight excluding hydrogens is 473 g/mol. The minimum Gasteiger partial charge on any atom is -0.475 e. The van der Waals surface area contributed by atoms with Crippen molar-refractivity contribution in [1.29, 1.82) is 0 Å². The van der Waals surface area contributed by atoms with Gasteiger partial charge in [0.2, 0.25) is 10.0 Å². The molecule has 3 rings (SSSR count). The summed E-state index contributed by atoms with van der Waals surface area (Å²) in [6, 6.07) is 7.74. The Kier molecular flexibility index (Phi) is 8.35. The lowest BCUT2D eigenvalue weighted by Crippen LogP contribution is -2.56. The molecule has 0 unspecified atom stereocenters. The molecule has 2 atom stereocenters. The third kappa shape index (κ3) is 6.90. The number of aryl methyl sites for hydroxylation is 1. The van der Waals surface area contributed by atoms with Crippen molar-refractivity contribution in [3.8, 4) is 0 Å². The van der Waals surface area contributed by atoms with Gasteiger partial charge in [-0.25, -0.2) is 21.6 Å². The highest BCUT2D eigenvalue weighted by Gasteiger charge is 2.45. The highest BCUT2D eigenvalue weighted by molar-refractivity contribution is 7.92. The number of hydrogen-bond acceptors (Lipinski definition) is 6. The fraction of sp³-hybridized carbons (Fsp3) is 0.632. The molecule has 2 fully saturated rings. The Morgan fingerprint density at radius 2 is 1.72 bits per heavy atom. The first-order valence-electron chi connectivity index (χ1n) is 9.88. The van der Waals surface area contributed by atoms with E-state index < -0.39 is 43.3 Å². The summed E-state index contributed by atoms with van der Waals surface area (Å²) in [5, 5.41) is 6.54. The lowest BCUT2D eigenvalue weighted by Gasteiger charge is -2.38. The Morgan fingerprint density at radius 1 is 1.16 bits per heavy atom. The molecule has 2 saturated heterocycles. The van der Waals surface area contributed by atoms with Gasteiger partial charge in [-0.15, -0.1) is 0 Å². The van der Waals surface area contributed by atoms with Crippen LogP contribution in [0.15, 0.2) is 24.3 Å². The smallest absolute Gasteiger partial charge is 0.475 e. The average Bonchev–Trinajstić information content (AvgIpc) is 2.86. The fourth-order valence-electron chi connectivity index (χ4n) is 4.00. The number of aliphatic carboxylic acids is 1. The van der Waals surface area contributed by atoms with Gasteiger partial charge < -0.3 is 5.11 Å². The number of alkyl halides is 3. The Morgan fingerprint density at radius 3 is 2.25 bits per heavy atom. The number of carbonyl (C=O) groups is 1. The van der Waals surface area contributed by atoms with Crippen molar-refractivity contribution in [2.45, 2.75) is 43.8 Å². The number of likely N-dealkylation sites (tertiary alicyclic amines) is 1. The van der Waals surface area contributed by atoms with E-state index in [1.807, 2.05) is 12.1 Å². The van der Waals surface area contributed by atoms with Crippen LogP contribution < -0.4 is 0 Å². The zero-order chi connectivity index (χ0) is 24.3. The molecule has 0 bridgehead atoms. The molecule has 8 nitrogen and oxygen atoms in total. The molecule has 0 spiro atoms. The van der Waals surface area contributed by atoms with Gasteiger partial charge in [0, 0.05) is 25.7 Å². The average molecular weight is 501 g/mol. The number of carboxylic acids is 1. The van der Waals surface area contributed by atoms with Crippen molar-refractivity contribution < 1.29 is 39.9 Å². The van der Waals surface area contributed by atoms with Gasteiger partial charge in [0.25, 0.3) is 0 Å². The second-order valence-electron chi connectivity index (χ2n) is 7.93. The monoisotopic (exact) mass is 500 g/mol. The normalized spacial score (nSPS) is 24.5. The van der Waals surface area contributed by atoms with E-state index in [2.05, 4.69) is 24.0 Å². The quantitative estimate of drug-likeness (QED) is 0.672. The number of sulfonamides is 1. The van der Waals surface area contributed by atoms with Gasteiger partial charge in [0.15, 0.2) is 9.84 Å². The summed E-state index contributed by atoms with van der Waals surface area (Å²) in [5.74, 6) is -2.83. The molecule has 13 heteroatoms. The van der Waals surface area contributed by atoms with Crippen molar-refractivity contribution in [2.75, 3.05) is 31.6 Å². The minimum atomic E-state index is -5.08. The molecule has 1 N–H and O–H groups in total. The zero-order valence-electron chi connectivity index (χ0n) is 17.7. The van der Waals surface area contributed by atoms with E-state index in [1.54, 1.807) is 0 Å². The number of hydrogen-bond donors (Lipinski definition) is 1. The number of carboxylic acid groups (broad SMARTS) is 1.